The molecule has 3 rings (SSSR count). The number of carbonyl (C=O) groups excluding carboxylic acids is 1. The molecule has 2 aromatic rings. The fourth-order valence-electron chi connectivity index (χ4n) is 2.70. The number of carbonyl (C=O) groups is 1. The molecule has 1 aromatic carbocycles. The molecule has 4 nitrogen and oxygen atoms in total. The van der Waals surface area contributed by atoms with Crippen molar-refractivity contribution in [2.24, 2.45) is 0 Å². The monoisotopic (exact) mass is 306 g/mol. The Morgan fingerprint density at radius 2 is 2.33 bits per heavy atom. The van der Waals surface area contributed by atoms with Gasteiger partial charge in [0.15, 0.2) is 0 Å². The van der Waals surface area contributed by atoms with Gasteiger partial charge in [-0.25, -0.2) is 0 Å². The van der Waals surface area contributed by atoms with Crippen molar-refractivity contribution in [3.63, 3.8) is 0 Å². The van der Waals surface area contributed by atoms with E-state index in [4.69, 9.17) is 16.3 Å². The molecule has 1 fully saturated rings. The van der Waals surface area contributed by atoms with Gasteiger partial charge in [0.2, 0.25) is 5.91 Å². The van der Waals surface area contributed by atoms with Crippen LogP contribution in [-0.4, -0.2) is 23.6 Å². The van der Waals surface area contributed by atoms with E-state index < -0.39 is 0 Å². The number of aromatic nitrogens is 1. The van der Waals surface area contributed by atoms with Crippen molar-refractivity contribution >= 4 is 28.4 Å². The van der Waals surface area contributed by atoms with Gasteiger partial charge in [-0.2, -0.15) is 0 Å². The Morgan fingerprint density at radius 1 is 1.48 bits per heavy atom. The number of hydrogen-bond donors (Lipinski definition) is 2. The number of halogens is 1. The molecule has 1 amide bonds. The zero-order valence-corrected chi connectivity index (χ0v) is 12.8. The summed E-state index contributed by atoms with van der Waals surface area (Å²) in [5, 5.41) is 4.78. The van der Waals surface area contributed by atoms with Gasteiger partial charge in [0.1, 0.15) is 6.10 Å². The predicted octanol–water partition coefficient (Wildman–Crippen LogP) is 3.18. The van der Waals surface area contributed by atoms with Gasteiger partial charge in [-0.3, -0.25) is 4.79 Å². The molecule has 1 unspecified atom stereocenters. The van der Waals surface area contributed by atoms with E-state index in [1.807, 2.05) is 12.1 Å². The number of ether oxygens (including phenoxy) is 1. The Hall–Kier alpha value is -1.52. The highest BCUT2D eigenvalue weighted by Crippen LogP contribution is 2.25. The highest BCUT2D eigenvalue weighted by molar-refractivity contribution is 6.32. The van der Waals surface area contributed by atoms with E-state index in [1.165, 1.54) is 0 Å². The molecule has 21 heavy (non-hydrogen) atoms. The lowest BCUT2D eigenvalue weighted by atomic mass is 10.1. The summed E-state index contributed by atoms with van der Waals surface area (Å²) in [6.45, 7) is 3.24. The van der Waals surface area contributed by atoms with Crippen LogP contribution in [0.2, 0.25) is 5.02 Å². The van der Waals surface area contributed by atoms with Gasteiger partial charge in [0.05, 0.1) is 6.54 Å². The second-order valence-corrected chi connectivity index (χ2v) is 5.81. The lowest BCUT2D eigenvalue weighted by Gasteiger charge is -2.09. The standard InChI is InChI=1S/C16H19ClN2O2/c1-2-10-8-14-11(7-13(10)17)6-12(19-14)9-18-16(20)15-4-3-5-21-15/h6-8,15,19H,2-5,9H2,1H3,(H,18,20). The Bertz CT molecular complexity index is 660. The summed E-state index contributed by atoms with van der Waals surface area (Å²) in [4.78, 5) is 15.2. The maximum atomic E-state index is 11.9. The zero-order chi connectivity index (χ0) is 14.8. The fourth-order valence-corrected chi connectivity index (χ4v) is 3.01. The zero-order valence-electron chi connectivity index (χ0n) is 12.0. The van der Waals surface area contributed by atoms with Gasteiger partial charge in [0.25, 0.3) is 0 Å². The summed E-state index contributed by atoms with van der Waals surface area (Å²) < 4.78 is 5.37. The summed E-state index contributed by atoms with van der Waals surface area (Å²) in [7, 11) is 0. The van der Waals surface area contributed by atoms with Crippen LogP contribution in [0.15, 0.2) is 18.2 Å². The Kier molecular flexibility index (Phi) is 4.17. The lowest BCUT2D eigenvalue weighted by molar-refractivity contribution is -0.130. The SMILES string of the molecule is CCc1cc2[nH]c(CNC(=O)C3CCCO3)cc2cc1Cl. The number of hydrogen-bond acceptors (Lipinski definition) is 2. The van der Waals surface area contributed by atoms with Crippen LogP contribution in [0.5, 0.6) is 0 Å². The van der Waals surface area contributed by atoms with Gasteiger partial charge in [-0.05, 0) is 43.0 Å². The van der Waals surface area contributed by atoms with Crippen LogP contribution in [0.4, 0.5) is 0 Å². The number of H-pyrrole nitrogens is 1. The summed E-state index contributed by atoms with van der Waals surface area (Å²) >= 11 is 6.23. The number of aromatic amines is 1. The molecule has 1 aliphatic heterocycles. The minimum Gasteiger partial charge on any atom is -0.368 e. The van der Waals surface area contributed by atoms with Gasteiger partial charge < -0.3 is 15.0 Å². The maximum Gasteiger partial charge on any atom is 0.249 e. The topological polar surface area (TPSA) is 54.1 Å². The summed E-state index contributed by atoms with van der Waals surface area (Å²) in [6, 6.07) is 6.07. The molecule has 0 radical (unpaired) electrons. The first-order valence-electron chi connectivity index (χ1n) is 7.36. The molecule has 2 heterocycles. The van der Waals surface area contributed by atoms with Gasteiger partial charge in [0, 0.05) is 28.2 Å². The quantitative estimate of drug-likeness (QED) is 0.911. The molecule has 0 bridgehead atoms. The molecular weight excluding hydrogens is 288 g/mol. The fraction of sp³-hybridized carbons (Fsp3) is 0.438. The minimum atomic E-state index is -0.282. The van der Waals surface area contributed by atoms with Crippen molar-refractivity contribution in [1.82, 2.24) is 10.3 Å². The molecule has 1 atom stereocenters. The van der Waals surface area contributed by atoms with Crippen molar-refractivity contribution in [1.29, 1.82) is 0 Å². The molecule has 112 valence electrons. The molecule has 1 saturated heterocycles. The van der Waals surface area contributed by atoms with Crippen molar-refractivity contribution in [3.05, 3.63) is 34.5 Å². The maximum absolute atomic E-state index is 11.9. The Labute approximate surface area is 128 Å². The van der Waals surface area contributed by atoms with Crippen molar-refractivity contribution < 1.29 is 9.53 Å². The average Bonchev–Trinajstić information content (AvgIpc) is 3.12. The number of amides is 1. The van der Waals surface area contributed by atoms with Crippen LogP contribution in [0.25, 0.3) is 10.9 Å². The van der Waals surface area contributed by atoms with E-state index in [0.29, 0.717) is 13.2 Å². The first kappa shape index (κ1) is 14.4. The van der Waals surface area contributed by atoms with Crippen LogP contribution in [0.3, 0.4) is 0 Å². The van der Waals surface area contributed by atoms with Crippen LogP contribution in [0, 0.1) is 0 Å². The van der Waals surface area contributed by atoms with Crippen LogP contribution >= 0.6 is 11.6 Å². The molecule has 1 aliphatic rings. The van der Waals surface area contributed by atoms with Crippen molar-refractivity contribution in [3.8, 4) is 0 Å². The van der Waals surface area contributed by atoms with Gasteiger partial charge in [-0.1, -0.05) is 18.5 Å². The Balaban J connectivity index is 1.71. The highest BCUT2D eigenvalue weighted by atomic mass is 35.5. The molecular formula is C16H19ClN2O2. The van der Waals surface area contributed by atoms with Crippen LogP contribution in [0.1, 0.15) is 31.0 Å². The normalized spacial score (nSPS) is 18.3. The lowest BCUT2D eigenvalue weighted by Crippen LogP contribution is -2.33. The van der Waals surface area contributed by atoms with Crippen LogP contribution in [-0.2, 0) is 22.5 Å². The molecule has 0 saturated carbocycles. The molecule has 0 spiro atoms. The first-order valence-corrected chi connectivity index (χ1v) is 7.74. The van der Waals surface area contributed by atoms with Crippen molar-refractivity contribution in [2.75, 3.05) is 6.61 Å². The summed E-state index contributed by atoms with van der Waals surface area (Å²) in [5.41, 5.74) is 3.15. The summed E-state index contributed by atoms with van der Waals surface area (Å²) in [5.74, 6) is -0.0292. The predicted molar refractivity (Wildman–Crippen MR) is 83.5 cm³/mol. The Morgan fingerprint density at radius 3 is 3.05 bits per heavy atom. The van der Waals surface area contributed by atoms with Crippen LogP contribution < -0.4 is 5.32 Å². The van der Waals surface area contributed by atoms with E-state index in [-0.39, 0.29) is 12.0 Å². The minimum absolute atomic E-state index is 0.0292. The van der Waals surface area contributed by atoms with E-state index in [9.17, 15) is 4.79 Å². The molecule has 0 aliphatic carbocycles. The number of benzene rings is 1. The van der Waals surface area contributed by atoms with Crippen molar-refractivity contribution in [2.45, 2.75) is 38.8 Å². The number of aryl methyl sites for hydroxylation is 1. The van der Waals surface area contributed by atoms with E-state index in [0.717, 1.165) is 46.4 Å². The van der Waals surface area contributed by atoms with E-state index in [1.54, 1.807) is 0 Å². The summed E-state index contributed by atoms with van der Waals surface area (Å²) in [6.07, 6.45) is 2.39. The number of fused-ring (bicyclic) bond motifs is 1. The average molecular weight is 307 g/mol. The molecule has 1 aromatic heterocycles. The first-order chi connectivity index (χ1) is 10.2. The van der Waals surface area contributed by atoms with E-state index in [2.05, 4.69) is 23.3 Å². The third-order valence-electron chi connectivity index (χ3n) is 3.90. The van der Waals surface area contributed by atoms with Gasteiger partial charge in [-0.15, -0.1) is 0 Å². The number of rotatable bonds is 4. The second-order valence-electron chi connectivity index (χ2n) is 5.40. The largest absolute Gasteiger partial charge is 0.368 e. The third kappa shape index (κ3) is 3.06. The smallest absolute Gasteiger partial charge is 0.249 e. The van der Waals surface area contributed by atoms with E-state index >= 15 is 0 Å². The molecule has 5 heteroatoms. The molecule has 2 N–H and O–H groups in total. The second kappa shape index (κ2) is 6.08. The van der Waals surface area contributed by atoms with Gasteiger partial charge >= 0.3 is 0 Å². The number of nitrogens with one attached hydrogen (secondary N) is 2. The highest BCUT2D eigenvalue weighted by Gasteiger charge is 2.23. The third-order valence-corrected chi connectivity index (χ3v) is 4.25.